The molecule has 0 saturated carbocycles. The normalized spacial score (nSPS) is 11.0. The highest BCUT2D eigenvalue weighted by atomic mass is 16.3. The highest BCUT2D eigenvalue weighted by Crippen LogP contribution is 2.14. The number of furan rings is 1. The summed E-state index contributed by atoms with van der Waals surface area (Å²) in [5, 5.41) is 4.57. The van der Waals surface area contributed by atoms with Crippen molar-refractivity contribution in [3.63, 3.8) is 0 Å². The summed E-state index contributed by atoms with van der Waals surface area (Å²) in [7, 11) is 0. The molecule has 0 unspecified atom stereocenters. The topological polar surface area (TPSA) is 57.0 Å². The first-order valence-electron chi connectivity index (χ1n) is 6.09. The van der Waals surface area contributed by atoms with Crippen LogP contribution >= 0.6 is 0 Å². The van der Waals surface area contributed by atoms with Gasteiger partial charge in [-0.2, -0.15) is 5.10 Å². The van der Waals surface area contributed by atoms with Crippen molar-refractivity contribution >= 4 is 0 Å². The van der Waals surface area contributed by atoms with Crippen molar-refractivity contribution in [2.45, 2.75) is 39.8 Å². The summed E-state index contributed by atoms with van der Waals surface area (Å²) < 4.78 is 7.47. The van der Waals surface area contributed by atoms with E-state index in [0.29, 0.717) is 13.1 Å². The molecule has 0 aliphatic heterocycles. The van der Waals surface area contributed by atoms with Crippen LogP contribution in [0.1, 0.15) is 36.6 Å². The van der Waals surface area contributed by atoms with Gasteiger partial charge in [-0.1, -0.05) is 13.8 Å². The Morgan fingerprint density at radius 1 is 1.35 bits per heavy atom. The fourth-order valence-electron chi connectivity index (χ4n) is 1.93. The number of rotatable bonds is 5. The first kappa shape index (κ1) is 11.9. The predicted octanol–water partition coefficient (Wildman–Crippen LogP) is 2.11. The van der Waals surface area contributed by atoms with Gasteiger partial charge in [-0.3, -0.25) is 4.68 Å². The van der Waals surface area contributed by atoms with Crippen LogP contribution in [0.2, 0.25) is 0 Å². The minimum atomic E-state index is 0.509. The van der Waals surface area contributed by atoms with Crippen LogP contribution in [-0.4, -0.2) is 9.78 Å². The van der Waals surface area contributed by atoms with E-state index in [2.05, 4.69) is 25.0 Å². The lowest BCUT2D eigenvalue weighted by atomic mass is 10.2. The summed E-state index contributed by atoms with van der Waals surface area (Å²) in [6.45, 7) is 5.43. The van der Waals surface area contributed by atoms with Crippen LogP contribution in [0.5, 0.6) is 0 Å². The lowest BCUT2D eigenvalue weighted by molar-refractivity contribution is 0.468. The Bertz CT molecular complexity index is 485. The quantitative estimate of drug-likeness (QED) is 0.860. The molecule has 2 aromatic rings. The first-order valence-corrected chi connectivity index (χ1v) is 6.09. The van der Waals surface area contributed by atoms with Crippen molar-refractivity contribution in [1.82, 2.24) is 9.78 Å². The number of hydrogen-bond acceptors (Lipinski definition) is 3. The van der Waals surface area contributed by atoms with Crippen molar-refractivity contribution in [2.75, 3.05) is 0 Å². The molecule has 0 atom stereocenters. The van der Waals surface area contributed by atoms with Gasteiger partial charge >= 0.3 is 0 Å². The van der Waals surface area contributed by atoms with Crippen LogP contribution in [0, 0.1) is 0 Å². The molecule has 17 heavy (non-hydrogen) atoms. The fraction of sp³-hybridized carbons (Fsp3) is 0.462. The summed E-state index contributed by atoms with van der Waals surface area (Å²) in [5.74, 6) is 0.910. The molecule has 4 heteroatoms. The van der Waals surface area contributed by atoms with Crippen LogP contribution in [0.25, 0.3) is 0 Å². The molecule has 0 saturated heterocycles. The Morgan fingerprint density at radius 2 is 2.18 bits per heavy atom. The molecule has 2 aromatic heterocycles. The molecule has 2 heterocycles. The maximum atomic E-state index is 5.66. The molecular formula is C13H19N3O. The van der Waals surface area contributed by atoms with Crippen molar-refractivity contribution < 1.29 is 4.42 Å². The number of aryl methyl sites for hydroxylation is 2. The SMILES string of the molecule is CCc1cc(CC)n(Cc2occc2CN)n1. The summed E-state index contributed by atoms with van der Waals surface area (Å²) in [4.78, 5) is 0. The maximum absolute atomic E-state index is 5.66. The van der Waals surface area contributed by atoms with E-state index >= 15 is 0 Å². The van der Waals surface area contributed by atoms with Gasteiger partial charge in [0.05, 0.1) is 18.5 Å². The second-order valence-corrected chi connectivity index (χ2v) is 4.06. The molecule has 92 valence electrons. The fourth-order valence-corrected chi connectivity index (χ4v) is 1.93. The van der Waals surface area contributed by atoms with Crippen LogP contribution in [0.15, 0.2) is 22.8 Å². The summed E-state index contributed by atoms with van der Waals surface area (Å²) in [5.41, 5.74) is 9.08. The zero-order valence-corrected chi connectivity index (χ0v) is 10.4. The highest BCUT2D eigenvalue weighted by molar-refractivity contribution is 5.18. The van der Waals surface area contributed by atoms with Crippen LogP contribution in [0.3, 0.4) is 0 Å². The van der Waals surface area contributed by atoms with E-state index in [1.54, 1.807) is 6.26 Å². The smallest absolute Gasteiger partial charge is 0.129 e. The van der Waals surface area contributed by atoms with Crippen LogP contribution in [-0.2, 0) is 25.9 Å². The van der Waals surface area contributed by atoms with Crippen molar-refractivity contribution in [1.29, 1.82) is 0 Å². The monoisotopic (exact) mass is 233 g/mol. The number of hydrogen-bond donors (Lipinski definition) is 1. The Kier molecular flexibility index (Phi) is 3.64. The van der Waals surface area contributed by atoms with E-state index < -0.39 is 0 Å². The van der Waals surface area contributed by atoms with Gasteiger partial charge in [-0.05, 0) is 25.0 Å². The van der Waals surface area contributed by atoms with Gasteiger partial charge in [-0.15, -0.1) is 0 Å². The number of nitrogens with zero attached hydrogens (tertiary/aromatic N) is 2. The lowest BCUT2D eigenvalue weighted by Gasteiger charge is -2.05. The lowest BCUT2D eigenvalue weighted by Crippen LogP contribution is -2.08. The van der Waals surface area contributed by atoms with Crippen molar-refractivity contribution in [3.8, 4) is 0 Å². The van der Waals surface area contributed by atoms with Crippen LogP contribution in [0.4, 0.5) is 0 Å². The predicted molar refractivity (Wildman–Crippen MR) is 66.7 cm³/mol. The van der Waals surface area contributed by atoms with Gasteiger partial charge in [0, 0.05) is 17.8 Å². The maximum Gasteiger partial charge on any atom is 0.129 e. The third-order valence-corrected chi connectivity index (χ3v) is 2.99. The van der Waals surface area contributed by atoms with Gasteiger partial charge in [-0.25, -0.2) is 0 Å². The minimum absolute atomic E-state index is 0.509. The van der Waals surface area contributed by atoms with E-state index in [9.17, 15) is 0 Å². The molecule has 2 rings (SSSR count). The second-order valence-electron chi connectivity index (χ2n) is 4.06. The van der Waals surface area contributed by atoms with Gasteiger partial charge in [0.2, 0.25) is 0 Å². The van der Waals surface area contributed by atoms with Gasteiger partial charge < -0.3 is 10.2 Å². The average molecular weight is 233 g/mol. The molecule has 0 fully saturated rings. The molecule has 0 aliphatic rings. The van der Waals surface area contributed by atoms with E-state index in [1.165, 1.54) is 5.69 Å². The molecule has 0 amide bonds. The summed E-state index contributed by atoms with van der Waals surface area (Å²) >= 11 is 0. The first-order chi connectivity index (χ1) is 8.28. The Balaban J connectivity index is 2.25. The summed E-state index contributed by atoms with van der Waals surface area (Å²) in [6, 6.07) is 4.08. The Labute approximate surface area is 101 Å². The third-order valence-electron chi connectivity index (χ3n) is 2.99. The van der Waals surface area contributed by atoms with Crippen molar-refractivity contribution in [2.24, 2.45) is 5.73 Å². The Hall–Kier alpha value is -1.55. The van der Waals surface area contributed by atoms with E-state index in [0.717, 1.165) is 29.9 Å². The van der Waals surface area contributed by atoms with E-state index in [1.807, 2.05) is 10.7 Å². The molecule has 0 aliphatic carbocycles. The largest absolute Gasteiger partial charge is 0.467 e. The molecule has 0 aromatic carbocycles. The molecule has 4 nitrogen and oxygen atoms in total. The highest BCUT2D eigenvalue weighted by Gasteiger charge is 2.10. The third kappa shape index (κ3) is 2.42. The van der Waals surface area contributed by atoms with Gasteiger partial charge in [0.1, 0.15) is 5.76 Å². The number of nitrogens with two attached hydrogens (primary N) is 1. The Morgan fingerprint density at radius 3 is 2.82 bits per heavy atom. The standard InChI is InChI=1S/C13H19N3O/c1-3-11-7-12(4-2)16(15-11)9-13-10(8-14)5-6-17-13/h5-7H,3-4,8-9,14H2,1-2H3. The van der Waals surface area contributed by atoms with Gasteiger partial charge in [0.25, 0.3) is 0 Å². The van der Waals surface area contributed by atoms with Gasteiger partial charge in [0.15, 0.2) is 0 Å². The molecule has 2 N–H and O–H groups in total. The van der Waals surface area contributed by atoms with E-state index in [-0.39, 0.29) is 0 Å². The zero-order chi connectivity index (χ0) is 12.3. The number of aromatic nitrogens is 2. The van der Waals surface area contributed by atoms with Crippen molar-refractivity contribution in [3.05, 3.63) is 41.1 Å². The summed E-state index contributed by atoms with van der Waals surface area (Å²) in [6.07, 6.45) is 3.63. The molecule has 0 spiro atoms. The molecule has 0 bridgehead atoms. The zero-order valence-electron chi connectivity index (χ0n) is 10.4. The average Bonchev–Trinajstić information content (AvgIpc) is 2.95. The second kappa shape index (κ2) is 5.19. The minimum Gasteiger partial charge on any atom is -0.467 e. The van der Waals surface area contributed by atoms with E-state index in [4.69, 9.17) is 10.2 Å². The van der Waals surface area contributed by atoms with Crippen LogP contribution < -0.4 is 5.73 Å². The molecule has 0 radical (unpaired) electrons. The molecular weight excluding hydrogens is 214 g/mol.